The largest absolute Gasteiger partial charge is 0.384 e. The first-order valence-corrected chi connectivity index (χ1v) is 9.79. The summed E-state index contributed by atoms with van der Waals surface area (Å²) in [5.41, 5.74) is 6.97. The molecule has 2 aliphatic rings. The van der Waals surface area contributed by atoms with Gasteiger partial charge in [0, 0.05) is 31.4 Å². The van der Waals surface area contributed by atoms with E-state index in [0.717, 1.165) is 29.5 Å². The molecule has 0 aliphatic carbocycles. The highest BCUT2D eigenvalue weighted by atomic mass is 16.5. The molecule has 2 saturated heterocycles. The fourth-order valence-corrected chi connectivity index (χ4v) is 4.10. The molecule has 152 valence electrons. The lowest BCUT2D eigenvalue weighted by Crippen LogP contribution is -2.44. The number of nitrogens with zero attached hydrogens (tertiary/aromatic N) is 5. The van der Waals surface area contributed by atoms with E-state index in [1.807, 2.05) is 6.07 Å². The molecule has 0 unspecified atom stereocenters. The molecule has 9 heteroatoms. The van der Waals surface area contributed by atoms with Crippen LogP contribution in [0, 0.1) is 16.7 Å². The van der Waals surface area contributed by atoms with Crippen LogP contribution in [0.5, 0.6) is 0 Å². The molecule has 1 atom stereocenters. The van der Waals surface area contributed by atoms with Gasteiger partial charge in [-0.25, -0.2) is 4.98 Å². The van der Waals surface area contributed by atoms with Gasteiger partial charge in [-0.2, -0.15) is 15.0 Å². The van der Waals surface area contributed by atoms with E-state index in [4.69, 9.17) is 25.6 Å². The number of rotatable bonds is 4. The van der Waals surface area contributed by atoms with Crippen molar-refractivity contribution >= 4 is 28.9 Å². The standard InChI is InChI=1S/C20H25N7O2/c1-14-12-29-9-6-26(14)18-10-16(20(13-22)3-7-28-8-4-20)15-11-24-27(19(15)25-18)17(23)2-5-21/h2,5,10-11,14,21H,3-4,6-9,12,23H2,1H3/t14-/m1/s1. The Morgan fingerprint density at radius 3 is 2.86 bits per heavy atom. The molecule has 0 saturated carbocycles. The van der Waals surface area contributed by atoms with E-state index in [1.54, 1.807) is 6.20 Å². The highest BCUT2D eigenvalue weighted by Crippen LogP contribution is 2.40. The summed E-state index contributed by atoms with van der Waals surface area (Å²) in [6.07, 6.45) is 5.54. The first-order chi connectivity index (χ1) is 14.1. The average molecular weight is 395 g/mol. The highest BCUT2D eigenvalue weighted by molar-refractivity contribution is 5.86. The zero-order valence-electron chi connectivity index (χ0n) is 16.5. The van der Waals surface area contributed by atoms with E-state index in [1.165, 1.54) is 10.8 Å². The van der Waals surface area contributed by atoms with E-state index in [0.29, 0.717) is 50.7 Å². The van der Waals surface area contributed by atoms with Crippen LogP contribution in [0.25, 0.3) is 16.9 Å². The number of fused-ring (bicyclic) bond motifs is 1. The minimum absolute atomic E-state index is 0.167. The quantitative estimate of drug-likeness (QED) is 0.754. The van der Waals surface area contributed by atoms with Gasteiger partial charge in [0.2, 0.25) is 0 Å². The minimum Gasteiger partial charge on any atom is -0.384 e. The first kappa shape index (κ1) is 19.4. The average Bonchev–Trinajstić information content (AvgIpc) is 3.18. The van der Waals surface area contributed by atoms with Gasteiger partial charge in [-0.05, 0) is 37.5 Å². The van der Waals surface area contributed by atoms with Gasteiger partial charge in [0.25, 0.3) is 0 Å². The lowest BCUT2D eigenvalue weighted by Gasteiger charge is -2.36. The Kier molecular flexibility index (Phi) is 5.22. The molecule has 0 radical (unpaired) electrons. The highest BCUT2D eigenvalue weighted by Gasteiger charge is 2.38. The van der Waals surface area contributed by atoms with Gasteiger partial charge in [-0.1, -0.05) is 0 Å². The van der Waals surface area contributed by atoms with Gasteiger partial charge >= 0.3 is 0 Å². The number of nitrogens with two attached hydrogens (primary N) is 1. The fourth-order valence-electron chi connectivity index (χ4n) is 4.10. The van der Waals surface area contributed by atoms with Crippen molar-refractivity contribution in [3.63, 3.8) is 0 Å². The maximum Gasteiger partial charge on any atom is 0.167 e. The SMILES string of the molecule is C[C@@H]1COCCN1c1cc(C2(C#N)CCOCC2)c2cnn(C(N)=CC=N)c2n1. The number of anilines is 1. The Morgan fingerprint density at radius 2 is 2.17 bits per heavy atom. The van der Waals surface area contributed by atoms with Crippen LogP contribution in [0.2, 0.25) is 0 Å². The van der Waals surface area contributed by atoms with Crippen LogP contribution in [-0.4, -0.2) is 60.0 Å². The van der Waals surface area contributed by atoms with Crippen molar-refractivity contribution in [2.24, 2.45) is 5.73 Å². The normalized spacial score (nSPS) is 22.4. The summed E-state index contributed by atoms with van der Waals surface area (Å²) >= 11 is 0. The van der Waals surface area contributed by atoms with Gasteiger partial charge in [0.1, 0.15) is 11.6 Å². The van der Waals surface area contributed by atoms with Gasteiger partial charge in [-0.15, -0.1) is 0 Å². The monoisotopic (exact) mass is 395 g/mol. The van der Waals surface area contributed by atoms with Crippen LogP contribution in [-0.2, 0) is 14.9 Å². The summed E-state index contributed by atoms with van der Waals surface area (Å²) in [6, 6.07) is 4.76. The van der Waals surface area contributed by atoms with Crippen LogP contribution in [0.1, 0.15) is 25.3 Å². The number of ether oxygens (including phenoxy) is 2. The van der Waals surface area contributed by atoms with E-state index in [2.05, 4.69) is 23.0 Å². The number of pyridine rings is 1. The van der Waals surface area contributed by atoms with E-state index < -0.39 is 5.41 Å². The Bertz CT molecular complexity index is 985. The Labute approximate surface area is 169 Å². The van der Waals surface area contributed by atoms with E-state index in [9.17, 15) is 5.26 Å². The maximum atomic E-state index is 10.2. The fraction of sp³-hybridized carbons (Fsp3) is 0.500. The van der Waals surface area contributed by atoms with Crippen LogP contribution in [0.4, 0.5) is 5.82 Å². The number of hydrogen-bond acceptors (Lipinski definition) is 8. The number of nitriles is 1. The lowest BCUT2D eigenvalue weighted by molar-refractivity contribution is 0.0679. The molecule has 3 N–H and O–H groups in total. The van der Waals surface area contributed by atoms with Crippen molar-refractivity contribution in [1.29, 1.82) is 10.7 Å². The van der Waals surface area contributed by atoms with Crippen LogP contribution < -0.4 is 10.6 Å². The molecule has 9 nitrogen and oxygen atoms in total. The molecule has 4 rings (SSSR count). The predicted octanol–water partition coefficient (Wildman–Crippen LogP) is 1.63. The zero-order valence-corrected chi connectivity index (χ0v) is 16.5. The number of nitrogens with one attached hydrogen (secondary N) is 1. The summed E-state index contributed by atoms with van der Waals surface area (Å²) in [4.78, 5) is 7.07. The van der Waals surface area contributed by atoms with Gasteiger partial charge in [0.05, 0.1) is 36.9 Å². The summed E-state index contributed by atoms with van der Waals surface area (Å²) in [6.45, 7) is 5.17. The molecular formula is C20H25N7O2. The van der Waals surface area contributed by atoms with Crippen LogP contribution in [0.3, 0.4) is 0 Å². The molecule has 0 bridgehead atoms. The third-order valence-electron chi connectivity index (χ3n) is 5.76. The van der Waals surface area contributed by atoms with Crippen molar-refractivity contribution in [1.82, 2.24) is 14.8 Å². The number of morpholine rings is 1. The molecule has 2 aliphatic heterocycles. The third kappa shape index (κ3) is 3.34. The topological polar surface area (TPSA) is 126 Å². The van der Waals surface area contributed by atoms with Crippen LogP contribution >= 0.6 is 0 Å². The zero-order chi connectivity index (χ0) is 20.4. The first-order valence-electron chi connectivity index (χ1n) is 9.79. The summed E-state index contributed by atoms with van der Waals surface area (Å²) in [5.74, 6) is 1.09. The molecule has 0 spiro atoms. The Morgan fingerprint density at radius 1 is 1.38 bits per heavy atom. The molecule has 4 heterocycles. The maximum absolute atomic E-state index is 10.2. The molecule has 2 aromatic heterocycles. The molecule has 0 aromatic carbocycles. The molecule has 29 heavy (non-hydrogen) atoms. The Hall–Kier alpha value is -2.96. The smallest absolute Gasteiger partial charge is 0.167 e. The molecular weight excluding hydrogens is 370 g/mol. The molecule has 0 amide bonds. The van der Waals surface area contributed by atoms with E-state index in [-0.39, 0.29) is 6.04 Å². The van der Waals surface area contributed by atoms with Crippen molar-refractivity contribution in [2.45, 2.75) is 31.2 Å². The Balaban J connectivity index is 1.95. The second kappa shape index (κ2) is 7.81. The molecule has 2 fully saturated rings. The lowest BCUT2D eigenvalue weighted by atomic mass is 9.74. The predicted molar refractivity (Wildman–Crippen MR) is 110 cm³/mol. The van der Waals surface area contributed by atoms with Crippen molar-refractivity contribution in [2.75, 3.05) is 37.9 Å². The number of allylic oxidation sites excluding steroid dienone is 1. The number of aromatic nitrogens is 3. The summed E-state index contributed by atoms with van der Waals surface area (Å²) in [5, 5.41) is 22.7. The van der Waals surface area contributed by atoms with Gasteiger partial charge < -0.3 is 25.5 Å². The minimum atomic E-state index is -0.655. The van der Waals surface area contributed by atoms with Crippen molar-refractivity contribution in [3.8, 4) is 6.07 Å². The van der Waals surface area contributed by atoms with E-state index >= 15 is 0 Å². The molecule has 2 aromatic rings. The summed E-state index contributed by atoms with van der Waals surface area (Å²) < 4.78 is 12.6. The van der Waals surface area contributed by atoms with Crippen LogP contribution in [0.15, 0.2) is 18.3 Å². The third-order valence-corrected chi connectivity index (χ3v) is 5.76. The number of hydrogen-bond donors (Lipinski definition) is 2. The summed E-state index contributed by atoms with van der Waals surface area (Å²) in [7, 11) is 0. The second-order valence-electron chi connectivity index (χ2n) is 7.50. The van der Waals surface area contributed by atoms with Gasteiger partial charge in [-0.3, -0.25) is 0 Å². The van der Waals surface area contributed by atoms with Crippen molar-refractivity contribution < 1.29 is 9.47 Å². The van der Waals surface area contributed by atoms with Gasteiger partial charge in [0.15, 0.2) is 5.65 Å². The second-order valence-corrected chi connectivity index (χ2v) is 7.50. The van der Waals surface area contributed by atoms with Crippen molar-refractivity contribution in [3.05, 3.63) is 23.9 Å².